The monoisotopic (exact) mass is 279 g/mol. The molecule has 0 saturated heterocycles. The molecular weight excluding hydrogens is 250 g/mol. The number of hydrogen-bond donors (Lipinski definition) is 1. The summed E-state index contributed by atoms with van der Waals surface area (Å²) in [6.45, 7) is 7.17. The Hall–Kier alpha value is -0.340. The van der Waals surface area contributed by atoms with Gasteiger partial charge in [-0.15, -0.1) is 11.3 Å². The van der Waals surface area contributed by atoms with E-state index in [4.69, 9.17) is 5.73 Å². The quantitative estimate of drug-likeness (QED) is 0.806. The van der Waals surface area contributed by atoms with Crippen molar-refractivity contribution in [1.29, 1.82) is 0 Å². The van der Waals surface area contributed by atoms with E-state index in [1.54, 1.807) is 0 Å². The van der Waals surface area contributed by atoms with Crippen LogP contribution in [0.4, 0.5) is 0 Å². The first-order chi connectivity index (χ1) is 8.95. The maximum atomic E-state index is 6.63. The Kier molecular flexibility index (Phi) is 4.73. The first-order valence-corrected chi connectivity index (χ1v) is 8.64. The normalized spacial score (nSPS) is 28.5. The molecule has 0 aliphatic heterocycles. The van der Waals surface area contributed by atoms with Crippen LogP contribution in [0.1, 0.15) is 64.2 Å². The molecule has 2 rings (SSSR count). The predicted octanol–water partition coefficient (Wildman–Crippen LogP) is 5.00. The van der Waals surface area contributed by atoms with Gasteiger partial charge in [0, 0.05) is 10.4 Å². The SMILES string of the molecule is CCC(C)(C)C1CCC(N)(CCc2cccs2)CC1. The van der Waals surface area contributed by atoms with Gasteiger partial charge in [0.15, 0.2) is 0 Å². The van der Waals surface area contributed by atoms with Crippen molar-refractivity contribution < 1.29 is 0 Å². The van der Waals surface area contributed by atoms with Gasteiger partial charge in [-0.05, 0) is 61.3 Å². The fourth-order valence-corrected chi connectivity index (χ4v) is 4.05. The molecule has 1 aliphatic rings. The second-order valence-corrected chi connectivity index (χ2v) is 8.09. The van der Waals surface area contributed by atoms with Crippen LogP contribution in [0.25, 0.3) is 0 Å². The minimum atomic E-state index is 0.101. The third-order valence-electron chi connectivity index (χ3n) is 5.45. The van der Waals surface area contributed by atoms with Crippen LogP contribution in [-0.2, 0) is 6.42 Å². The molecule has 1 aromatic rings. The van der Waals surface area contributed by atoms with E-state index >= 15 is 0 Å². The topological polar surface area (TPSA) is 26.0 Å². The molecule has 1 aromatic heterocycles. The van der Waals surface area contributed by atoms with Crippen LogP contribution in [0.2, 0.25) is 0 Å². The zero-order chi connectivity index (χ0) is 13.9. The van der Waals surface area contributed by atoms with Crippen LogP contribution >= 0.6 is 11.3 Å². The van der Waals surface area contributed by atoms with Crippen LogP contribution in [0.5, 0.6) is 0 Å². The molecule has 1 fully saturated rings. The van der Waals surface area contributed by atoms with Crippen molar-refractivity contribution in [1.82, 2.24) is 0 Å². The minimum Gasteiger partial charge on any atom is -0.325 e. The highest BCUT2D eigenvalue weighted by atomic mass is 32.1. The zero-order valence-electron chi connectivity index (χ0n) is 12.7. The molecule has 2 N–H and O–H groups in total. The highest BCUT2D eigenvalue weighted by molar-refractivity contribution is 7.09. The van der Waals surface area contributed by atoms with Gasteiger partial charge >= 0.3 is 0 Å². The summed E-state index contributed by atoms with van der Waals surface area (Å²) in [6, 6.07) is 4.38. The molecule has 0 atom stereocenters. The Labute approximate surface area is 122 Å². The summed E-state index contributed by atoms with van der Waals surface area (Å²) < 4.78 is 0. The summed E-state index contributed by atoms with van der Waals surface area (Å²) in [6.07, 6.45) is 8.68. The maximum Gasteiger partial charge on any atom is 0.0158 e. The van der Waals surface area contributed by atoms with Crippen molar-refractivity contribution >= 4 is 11.3 Å². The molecule has 0 unspecified atom stereocenters. The third kappa shape index (κ3) is 3.82. The fraction of sp³-hybridized carbons (Fsp3) is 0.765. The number of nitrogens with two attached hydrogens (primary N) is 1. The molecule has 1 nitrogen and oxygen atoms in total. The molecule has 19 heavy (non-hydrogen) atoms. The Balaban J connectivity index is 1.84. The van der Waals surface area contributed by atoms with Gasteiger partial charge in [-0.1, -0.05) is 33.3 Å². The van der Waals surface area contributed by atoms with Gasteiger partial charge in [-0.3, -0.25) is 0 Å². The van der Waals surface area contributed by atoms with Crippen LogP contribution in [0.3, 0.4) is 0 Å². The lowest BCUT2D eigenvalue weighted by molar-refractivity contribution is 0.112. The Morgan fingerprint density at radius 2 is 2.05 bits per heavy atom. The maximum absolute atomic E-state index is 6.63. The summed E-state index contributed by atoms with van der Waals surface area (Å²) in [7, 11) is 0. The molecule has 0 amide bonds. The van der Waals surface area contributed by atoms with E-state index in [-0.39, 0.29) is 5.54 Å². The Bertz CT molecular complexity index is 372. The lowest BCUT2D eigenvalue weighted by Crippen LogP contribution is -2.45. The highest BCUT2D eigenvalue weighted by Crippen LogP contribution is 2.43. The summed E-state index contributed by atoms with van der Waals surface area (Å²) >= 11 is 1.86. The number of rotatable bonds is 5. The molecule has 0 bridgehead atoms. The lowest BCUT2D eigenvalue weighted by atomic mass is 9.65. The van der Waals surface area contributed by atoms with Crippen LogP contribution in [0.15, 0.2) is 17.5 Å². The predicted molar refractivity (Wildman–Crippen MR) is 85.6 cm³/mol. The molecule has 2 heteroatoms. The molecule has 108 valence electrons. The van der Waals surface area contributed by atoms with Crippen molar-refractivity contribution in [3.8, 4) is 0 Å². The van der Waals surface area contributed by atoms with Crippen molar-refractivity contribution in [2.75, 3.05) is 0 Å². The zero-order valence-corrected chi connectivity index (χ0v) is 13.6. The van der Waals surface area contributed by atoms with Crippen molar-refractivity contribution in [2.45, 2.75) is 71.3 Å². The largest absolute Gasteiger partial charge is 0.325 e. The summed E-state index contributed by atoms with van der Waals surface area (Å²) in [5, 5.41) is 2.17. The van der Waals surface area contributed by atoms with E-state index < -0.39 is 0 Å². The molecule has 1 heterocycles. The average molecular weight is 279 g/mol. The second kappa shape index (κ2) is 5.97. The number of hydrogen-bond acceptors (Lipinski definition) is 2. The second-order valence-electron chi connectivity index (χ2n) is 7.06. The molecule has 1 saturated carbocycles. The van der Waals surface area contributed by atoms with Crippen molar-refractivity contribution in [3.63, 3.8) is 0 Å². The standard InChI is InChI=1S/C17H29NS/c1-4-16(2,3)14-7-10-17(18,11-8-14)12-9-15-6-5-13-19-15/h5-6,13-14H,4,7-12,18H2,1-3H3. The Morgan fingerprint density at radius 3 is 2.58 bits per heavy atom. The minimum absolute atomic E-state index is 0.101. The average Bonchev–Trinajstić information content (AvgIpc) is 2.90. The van der Waals surface area contributed by atoms with Gasteiger partial charge < -0.3 is 5.73 Å². The smallest absolute Gasteiger partial charge is 0.0158 e. The van der Waals surface area contributed by atoms with E-state index in [0.717, 1.165) is 18.8 Å². The first kappa shape index (κ1) is 15.1. The van der Waals surface area contributed by atoms with Crippen molar-refractivity contribution in [2.24, 2.45) is 17.1 Å². The Morgan fingerprint density at radius 1 is 1.37 bits per heavy atom. The fourth-order valence-electron chi connectivity index (χ4n) is 3.34. The molecule has 0 spiro atoms. The van der Waals surface area contributed by atoms with Crippen LogP contribution < -0.4 is 5.73 Å². The van der Waals surface area contributed by atoms with E-state index in [1.165, 1.54) is 37.0 Å². The summed E-state index contributed by atoms with van der Waals surface area (Å²) in [4.78, 5) is 1.49. The molecule has 0 aromatic carbocycles. The van der Waals surface area contributed by atoms with Gasteiger partial charge in [0.1, 0.15) is 0 Å². The molecule has 0 radical (unpaired) electrons. The van der Waals surface area contributed by atoms with Gasteiger partial charge in [0.25, 0.3) is 0 Å². The van der Waals surface area contributed by atoms with Crippen molar-refractivity contribution in [3.05, 3.63) is 22.4 Å². The molecular formula is C17H29NS. The summed E-state index contributed by atoms with van der Waals surface area (Å²) in [5.41, 5.74) is 7.22. The van der Waals surface area contributed by atoms with Gasteiger partial charge in [0.2, 0.25) is 0 Å². The highest BCUT2D eigenvalue weighted by Gasteiger charge is 2.36. The van der Waals surface area contributed by atoms with Crippen LogP contribution in [-0.4, -0.2) is 5.54 Å². The third-order valence-corrected chi connectivity index (χ3v) is 6.38. The van der Waals surface area contributed by atoms with E-state index in [1.807, 2.05) is 11.3 Å². The van der Waals surface area contributed by atoms with Gasteiger partial charge in [0.05, 0.1) is 0 Å². The number of aryl methyl sites for hydroxylation is 1. The van der Waals surface area contributed by atoms with E-state index in [9.17, 15) is 0 Å². The lowest BCUT2D eigenvalue weighted by Gasteiger charge is -2.43. The van der Waals surface area contributed by atoms with E-state index in [2.05, 4.69) is 38.3 Å². The van der Waals surface area contributed by atoms with E-state index in [0.29, 0.717) is 5.41 Å². The summed E-state index contributed by atoms with van der Waals surface area (Å²) in [5.74, 6) is 0.871. The first-order valence-electron chi connectivity index (χ1n) is 7.76. The van der Waals surface area contributed by atoms with Gasteiger partial charge in [-0.2, -0.15) is 0 Å². The number of thiophene rings is 1. The molecule has 1 aliphatic carbocycles. The van der Waals surface area contributed by atoms with Crippen LogP contribution in [0, 0.1) is 11.3 Å². The van der Waals surface area contributed by atoms with Gasteiger partial charge in [-0.25, -0.2) is 0 Å².